The molecule has 0 N–H and O–H groups in total. The van der Waals surface area contributed by atoms with E-state index in [4.69, 9.17) is 9.47 Å². The maximum Gasteiger partial charge on any atom is 0.346 e. The van der Waals surface area contributed by atoms with Crippen molar-refractivity contribution in [3.05, 3.63) is 22.8 Å². The molecule has 5 nitrogen and oxygen atoms in total. The fraction of sp³-hybridized carbons (Fsp3) is 0.500. The van der Waals surface area contributed by atoms with Crippen LogP contribution in [0.25, 0.3) is 0 Å². The highest BCUT2D eigenvalue weighted by molar-refractivity contribution is 6.22. The van der Waals surface area contributed by atoms with E-state index in [-0.39, 0.29) is 30.1 Å². The van der Waals surface area contributed by atoms with Crippen molar-refractivity contribution in [3.8, 4) is 0 Å². The first-order chi connectivity index (χ1) is 9.06. The summed E-state index contributed by atoms with van der Waals surface area (Å²) in [5.41, 5.74) is 0.569. The van der Waals surface area contributed by atoms with Gasteiger partial charge in [0.1, 0.15) is 0 Å². The predicted octanol–water partition coefficient (Wildman–Crippen LogP) is 1.72. The molecule has 0 aromatic rings. The minimum Gasteiger partial charge on any atom is -0.462 e. The molecule has 0 heterocycles. The van der Waals surface area contributed by atoms with Crippen molar-refractivity contribution in [1.82, 2.24) is 0 Å². The first-order valence-corrected chi connectivity index (χ1v) is 6.34. The normalized spacial score (nSPS) is 16.7. The predicted molar refractivity (Wildman–Crippen MR) is 68.3 cm³/mol. The molecule has 104 valence electrons. The fourth-order valence-electron chi connectivity index (χ4n) is 1.96. The number of ketones is 1. The Kier molecular flexibility index (Phi) is 5.48. The molecule has 0 atom stereocenters. The van der Waals surface area contributed by atoms with E-state index in [0.29, 0.717) is 18.4 Å². The number of esters is 2. The van der Waals surface area contributed by atoms with Crippen LogP contribution >= 0.6 is 0 Å². The molecule has 1 aliphatic rings. The Balaban J connectivity index is 3.31. The highest BCUT2D eigenvalue weighted by Crippen LogP contribution is 2.30. The van der Waals surface area contributed by atoms with Crippen LogP contribution in [0.3, 0.4) is 0 Å². The molecule has 1 saturated carbocycles. The Labute approximate surface area is 112 Å². The molecule has 1 rings (SSSR count). The Morgan fingerprint density at radius 1 is 1.11 bits per heavy atom. The quantitative estimate of drug-likeness (QED) is 0.335. The molecular weight excluding hydrogens is 248 g/mol. The zero-order valence-corrected chi connectivity index (χ0v) is 11.4. The van der Waals surface area contributed by atoms with Gasteiger partial charge in [-0.25, -0.2) is 9.59 Å². The average molecular weight is 266 g/mol. The van der Waals surface area contributed by atoms with Crippen LogP contribution in [0.4, 0.5) is 0 Å². The van der Waals surface area contributed by atoms with Crippen LogP contribution in [0.5, 0.6) is 0 Å². The van der Waals surface area contributed by atoms with Gasteiger partial charge in [0.2, 0.25) is 0 Å². The molecule has 0 unspecified atom stereocenters. The standard InChI is InChI=1S/C14H18O5/c1-4-9-7-8-10(15)11(9)12(13(16)18-5-2)14(17)19-6-3/h4H,5-8H2,1-3H3/b9-4+. The van der Waals surface area contributed by atoms with E-state index in [9.17, 15) is 14.4 Å². The van der Waals surface area contributed by atoms with Crippen molar-refractivity contribution < 1.29 is 23.9 Å². The smallest absolute Gasteiger partial charge is 0.346 e. The van der Waals surface area contributed by atoms with Gasteiger partial charge in [-0.1, -0.05) is 6.08 Å². The van der Waals surface area contributed by atoms with E-state index in [0.717, 1.165) is 0 Å². The molecule has 5 heteroatoms. The summed E-state index contributed by atoms with van der Waals surface area (Å²) < 4.78 is 9.70. The van der Waals surface area contributed by atoms with Gasteiger partial charge in [0.25, 0.3) is 0 Å². The Bertz CT molecular complexity index is 436. The molecule has 0 bridgehead atoms. The summed E-state index contributed by atoms with van der Waals surface area (Å²) in [4.78, 5) is 35.7. The number of carbonyl (C=O) groups is 3. The molecule has 1 fully saturated rings. The van der Waals surface area contributed by atoms with Crippen molar-refractivity contribution in [2.45, 2.75) is 33.6 Å². The van der Waals surface area contributed by atoms with E-state index >= 15 is 0 Å². The van der Waals surface area contributed by atoms with Gasteiger partial charge in [-0.2, -0.15) is 0 Å². The first-order valence-electron chi connectivity index (χ1n) is 6.34. The number of rotatable bonds is 4. The molecular formula is C14H18O5. The van der Waals surface area contributed by atoms with Gasteiger partial charge in [0.05, 0.1) is 13.2 Å². The molecule has 19 heavy (non-hydrogen) atoms. The second-order valence-electron chi connectivity index (χ2n) is 3.93. The summed E-state index contributed by atoms with van der Waals surface area (Å²) in [5, 5.41) is 0. The Morgan fingerprint density at radius 3 is 2.05 bits per heavy atom. The van der Waals surface area contributed by atoms with E-state index in [2.05, 4.69) is 0 Å². The maximum absolute atomic E-state index is 11.9. The van der Waals surface area contributed by atoms with Gasteiger partial charge in [-0.15, -0.1) is 0 Å². The highest BCUT2D eigenvalue weighted by atomic mass is 16.6. The van der Waals surface area contributed by atoms with E-state index in [1.807, 2.05) is 0 Å². The Hall–Kier alpha value is -1.91. The van der Waals surface area contributed by atoms with Gasteiger partial charge >= 0.3 is 11.9 Å². The Morgan fingerprint density at radius 2 is 1.63 bits per heavy atom. The lowest BCUT2D eigenvalue weighted by Gasteiger charge is -2.10. The van der Waals surface area contributed by atoms with E-state index in [1.54, 1.807) is 26.8 Å². The molecule has 0 spiro atoms. The number of carbonyl (C=O) groups excluding carboxylic acids is 3. The average Bonchev–Trinajstić information content (AvgIpc) is 2.72. The van der Waals surface area contributed by atoms with E-state index < -0.39 is 11.9 Å². The maximum atomic E-state index is 11.9. The van der Waals surface area contributed by atoms with Crippen LogP contribution in [-0.2, 0) is 23.9 Å². The van der Waals surface area contributed by atoms with Crippen molar-refractivity contribution in [2.24, 2.45) is 0 Å². The van der Waals surface area contributed by atoms with Gasteiger partial charge in [0.15, 0.2) is 11.4 Å². The van der Waals surface area contributed by atoms with Crippen LogP contribution in [0.15, 0.2) is 22.8 Å². The van der Waals surface area contributed by atoms with Gasteiger partial charge in [0, 0.05) is 12.0 Å². The molecule has 0 amide bonds. The van der Waals surface area contributed by atoms with Crippen LogP contribution in [0, 0.1) is 0 Å². The number of allylic oxidation sites excluding steroid dienone is 3. The topological polar surface area (TPSA) is 69.7 Å². The van der Waals surface area contributed by atoms with Crippen LogP contribution in [0.1, 0.15) is 33.6 Å². The third kappa shape index (κ3) is 3.30. The summed E-state index contributed by atoms with van der Waals surface area (Å²) in [6, 6.07) is 0. The third-order valence-electron chi connectivity index (χ3n) is 2.78. The lowest BCUT2D eigenvalue weighted by atomic mass is 10.0. The van der Waals surface area contributed by atoms with Gasteiger partial charge < -0.3 is 9.47 Å². The molecule has 0 aliphatic heterocycles. The number of Topliss-reactive ketones (excluding diaryl/α,β-unsaturated/α-hetero) is 1. The zero-order valence-electron chi connectivity index (χ0n) is 11.4. The summed E-state index contributed by atoms with van der Waals surface area (Å²) >= 11 is 0. The summed E-state index contributed by atoms with van der Waals surface area (Å²) in [6.07, 6.45) is 2.57. The van der Waals surface area contributed by atoms with Crippen molar-refractivity contribution in [2.75, 3.05) is 13.2 Å². The minimum absolute atomic E-state index is 0.133. The van der Waals surface area contributed by atoms with Gasteiger partial charge in [-0.05, 0) is 32.8 Å². The monoisotopic (exact) mass is 266 g/mol. The van der Waals surface area contributed by atoms with E-state index in [1.165, 1.54) is 0 Å². The lowest BCUT2D eigenvalue weighted by Crippen LogP contribution is -2.22. The lowest BCUT2D eigenvalue weighted by molar-refractivity contribution is -0.147. The third-order valence-corrected chi connectivity index (χ3v) is 2.78. The van der Waals surface area contributed by atoms with Crippen molar-refractivity contribution in [1.29, 1.82) is 0 Å². The highest BCUT2D eigenvalue weighted by Gasteiger charge is 2.34. The van der Waals surface area contributed by atoms with Crippen LogP contribution in [0.2, 0.25) is 0 Å². The second kappa shape index (κ2) is 6.87. The number of ether oxygens (including phenoxy) is 2. The number of hydrogen-bond acceptors (Lipinski definition) is 5. The second-order valence-corrected chi connectivity index (χ2v) is 3.93. The van der Waals surface area contributed by atoms with Crippen LogP contribution in [-0.4, -0.2) is 30.9 Å². The van der Waals surface area contributed by atoms with Crippen LogP contribution < -0.4 is 0 Å². The van der Waals surface area contributed by atoms with Crippen molar-refractivity contribution in [3.63, 3.8) is 0 Å². The zero-order chi connectivity index (χ0) is 14.4. The summed E-state index contributed by atoms with van der Waals surface area (Å²) in [6.45, 7) is 5.31. The summed E-state index contributed by atoms with van der Waals surface area (Å²) in [5.74, 6) is -1.82. The molecule has 0 saturated heterocycles. The molecule has 0 aromatic heterocycles. The van der Waals surface area contributed by atoms with Gasteiger partial charge in [-0.3, -0.25) is 4.79 Å². The fourth-order valence-corrected chi connectivity index (χ4v) is 1.96. The SMILES string of the molecule is C/C=C1\CCC(=O)C1=C(C(=O)OCC)C(=O)OCC. The molecule has 0 radical (unpaired) electrons. The number of hydrogen-bond donors (Lipinski definition) is 0. The minimum atomic E-state index is -0.800. The first kappa shape index (κ1) is 15.1. The molecule has 0 aromatic carbocycles. The largest absolute Gasteiger partial charge is 0.462 e. The molecule has 1 aliphatic carbocycles. The summed E-state index contributed by atoms with van der Waals surface area (Å²) in [7, 11) is 0. The van der Waals surface area contributed by atoms with Crippen molar-refractivity contribution >= 4 is 17.7 Å².